The lowest BCUT2D eigenvalue weighted by Gasteiger charge is -2.09. The third-order valence-electron chi connectivity index (χ3n) is 4.59. The zero-order chi connectivity index (χ0) is 19.0. The van der Waals surface area contributed by atoms with Gasteiger partial charge in [0, 0.05) is 17.0 Å². The van der Waals surface area contributed by atoms with E-state index in [2.05, 4.69) is 9.97 Å². The average Bonchev–Trinajstić information content (AvgIpc) is 3.05. The quantitative estimate of drug-likeness (QED) is 0.423. The Morgan fingerprint density at radius 2 is 2.19 bits per heavy atom. The van der Waals surface area contributed by atoms with Gasteiger partial charge < -0.3 is 4.98 Å². The maximum Gasteiger partial charge on any atom is 0.270 e. The molecule has 0 amide bonds. The van der Waals surface area contributed by atoms with E-state index in [1.807, 2.05) is 6.07 Å². The Kier molecular flexibility index (Phi) is 4.30. The van der Waals surface area contributed by atoms with E-state index in [9.17, 15) is 20.2 Å². The van der Waals surface area contributed by atoms with Gasteiger partial charge >= 0.3 is 0 Å². The molecule has 27 heavy (non-hydrogen) atoms. The number of nitro groups is 1. The number of nitro benzene ring substituents is 1. The number of fused-ring (bicyclic) bond motifs is 3. The summed E-state index contributed by atoms with van der Waals surface area (Å²) in [6, 6.07) is 7.99. The SMILES string of the molecule is N#C/C(=C\c1cccc([N+](=O)[O-])c1)c1nc2sc3c(c2c(=O)[nH]1)CCCC3. The fraction of sp³-hybridized carbons (Fsp3) is 0.211. The van der Waals surface area contributed by atoms with Crippen molar-refractivity contribution in [2.24, 2.45) is 0 Å². The Labute approximate surface area is 157 Å². The van der Waals surface area contributed by atoms with Crippen LogP contribution in [-0.2, 0) is 12.8 Å². The third-order valence-corrected chi connectivity index (χ3v) is 5.78. The lowest BCUT2D eigenvalue weighted by Crippen LogP contribution is -2.12. The van der Waals surface area contributed by atoms with E-state index < -0.39 is 4.92 Å². The van der Waals surface area contributed by atoms with Gasteiger partial charge in [0.1, 0.15) is 10.9 Å². The number of aromatic nitrogens is 2. The highest BCUT2D eigenvalue weighted by Crippen LogP contribution is 2.34. The first-order valence-corrected chi connectivity index (χ1v) is 9.29. The molecule has 1 aliphatic carbocycles. The van der Waals surface area contributed by atoms with Gasteiger partial charge in [0.05, 0.1) is 15.9 Å². The van der Waals surface area contributed by atoms with Crippen molar-refractivity contribution < 1.29 is 4.92 Å². The molecule has 2 heterocycles. The van der Waals surface area contributed by atoms with Crippen LogP contribution >= 0.6 is 11.3 Å². The second-order valence-electron chi connectivity index (χ2n) is 6.33. The Balaban J connectivity index is 1.82. The smallest absolute Gasteiger partial charge is 0.270 e. The van der Waals surface area contributed by atoms with Crippen LogP contribution in [-0.4, -0.2) is 14.9 Å². The Bertz CT molecular complexity index is 1200. The molecular formula is C19H14N4O3S. The number of benzene rings is 1. The number of rotatable bonds is 3. The zero-order valence-corrected chi connectivity index (χ0v) is 15.0. The second kappa shape index (κ2) is 6.78. The number of nitrogens with zero attached hydrogens (tertiary/aromatic N) is 3. The Morgan fingerprint density at radius 1 is 1.37 bits per heavy atom. The van der Waals surface area contributed by atoms with Gasteiger partial charge in [-0.15, -0.1) is 11.3 Å². The molecule has 7 nitrogen and oxygen atoms in total. The molecule has 1 N–H and O–H groups in total. The number of nitrogens with one attached hydrogen (secondary N) is 1. The van der Waals surface area contributed by atoms with Crippen LogP contribution in [0.4, 0.5) is 5.69 Å². The van der Waals surface area contributed by atoms with Crippen molar-refractivity contribution >= 4 is 38.9 Å². The molecule has 0 atom stereocenters. The molecule has 0 saturated carbocycles. The first kappa shape index (κ1) is 17.1. The molecule has 134 valence electrons. The number of allylic oxidation sites excluding steroid dienone is 1. The summed E-state index contributed by atoms with van der Waals surface area (Å²) in [7, 11) is 0. The molecular weight excluding hydrogens is 364 g/mol. The average molecular weight is 378 g/mol. The van der Waals surface area contributed by atoms with Crippen LogP contribution in [0.25, 0.3) is 21.9 Å². The molecule has 1 aliphatic rings. The van der Waals surface area contributed by atoms with Gasteiger partial charge in [0.25, 0.3) is 11.2 Å². The lowest BCUT2D eigenvalue weighted by molar-refractivity contribution is -0.384. The molecule has 0 radical (unpaired) electrons. The summed E-state index contributed by atoms with van der Waals surface area (Å²) >= 11 is 1.51. The first-order valence-electron chi connectivity index (χ1n) is 8.48. The molecule has 8 heteroatoms. The number of hydrogen-bond acceptors (Lipinski definition) is 6. The summed E-state index contributed by atoms with van der Waals surface area (Å²) in [4.78, 5) is 32.1. The monoisotopic (exact) mass is 378 g/mol. The number of aromatic amines is 1. The fourth-order valence-electron chi connectivity index (χ4n) is 3.34. The Hall–Kier alpha value is -3.31. The maximum atomic E-state index is 12.6. The highest BCUT2D eigenvalue weighted by molar-refractivity contribution is 7.18. The van der Waals surface area contributed by atoms with Gasteiger partial charge in [-0.2, -0.15) is 5.26 Å². The molecule has 0 bridgehead atoms. The van der Waals surface area contributed by atoms with Crippen molar-refractivity contribution in [3.05, 3.63) is 66.6 Å². The molecule has 0 spiro atoms. The molecule has 4 rings (SSSR count). The van der Waals surface area contributed by atoms with Crippen molar-refractivity contribution in [2.45, 2.75) is 25.7 Å². The lowest BCUT2D eigenvalue weighted by atomic mass is 9.97. The third kappa shape index (κ3) is 3.13. The number of thiophene rings is 1. The topological polar surface area (TPSA) is 113 Å². The van der Waals surface area contributed by atoms with Crippen molar-refractivity contribution in [2.75, 3.05) is 0 Å². The van der Waals surface area contributed by atoms with E-state index in [-0.39, 0.29) is 22.6 Å². The summed E-state index contributed by atoms with van der Waals surface area (Å²) in [5.74, 6) is 0.181. The minimum atomic E-state index is -0.494. The number of non-ortho nitro benzene ring substituents is 1. The van der Waals surface area contributed by atoms with Crippen molar-refractivity contribution in [1.29, 1.82) is 5.26 Å². The molecule has 1 aromatic carbocycles. The highest BCUT2D eigenvalue weighted by Gasteiger charge is 2.20. The number of H-pyrrole nitrogens is 1. The predicted molar refractivity (Wildman–Crippen MR) is 103 cm³/mol. The van der Waals surface area contributed by atoms with Gasteiger partial charge in [-0.25, -0.2) is 4.98 Å². The van der Waals surface area contributed by atoms with Crippen LogP contribution < -0.4 is 5.56 Å². The van der Waals surface area contributed by atoms with E-state index in [0.717, 1.165) is 31.2 Å². The molecule has 2 aromatic heterocycles. The molecule has 0 fully saturated rings. The normalized spacial score (nSPS) is 14.0. The van der Waals surface area contributed by atoms with Crippen LogP contribution in [0.15, 0.2) is 29.1 Å². The minimum absolute atomic E-state index is 0.0659. The van der Waals surface area contributed by atoms with Gasteiger partial charge in [0.2, 0.25) is 0 Å². The van der Waals surface area contributed by atoms with Gasteiger partial charge in [-0.1, -0.05) is 12.1 Å². The van der Waals surface area contributed by atoms with Crippen molar-refractivity contribution in [3.8, 4) is 6.07 Å². The van der Waals surface area contributed by atoms with Gasteiger partial charge in [-0.05, 0) is 42.9 Å². The second-order valence-corrected chi connectivity index (χ2v) is 7.41. The number of nitriles is 1. The number of aryl methyl sites for hydroxylation is 2. The van der Waals surface area contributed by atoms with E-state index in [1.165, 1.54) is 34.4 Å². The van der Waals surface area contributed by atoms with Gasteiger partial charge in [-0.3, -0.25) is 14.9 Å². The summed E-state index contributed by atoms with van der Waals surface area (Å²) in [5.41, 5.74) is 1.43. The van der Waals surface area contributed by atoms with E-state index >= 15 is 0 Å². The van der Waals surface area contributed by atoms with Crippen LogP contribution in [0.3, 0.4) is 0 Å². The van der Waals surface area contributed by atoms with E-state index in [0.29, 0.717) is 15.8 Å². The summed E-state index contributed by atoms with van der Waals surface area (Å²) in [6.07, 6.45) is 5.51. The van der Waals surface area contributed by atoms with Crippen LogP contribution in [0, 0.1) is 21.4 Å². The maximum absolute atomic E-state index is 12.6. The molecule has 0 saturated heterocycles. The van der Waals surface area contributed by atoms with Crippen molar-refractivity contribution in [3.63, 3.8) is 0 Å². The first-order chi connectivity index (χ1) is 13.1. The van der Waals surface area contributed by atoms with Gasteiger partial charge in [0.15, 0.2) is 5.82 Å². The highest BCUT2D eigenvalue weighted by atomic mass is 32.1. The molecule has 0 aliphatic heterocycles. The summed E-state index contributed by atoms with van der Waals surface area (Å²) in [5, 5.41) is 21.1. The summed E-state index contributed by atoms with van der Waals surface area (Å²) in [6.45, 7) is 0. The largest absolute Gasteiger partial charge is 0.305 e. The standard InChI is InChI=1S/C19H14N4O3S/c20-10-12(8-11-4-3-5-13(9-11)23(25)26)17-21-18(24)16-14-6-1-2-7-15(14)27-19(16)22-17/h3-5,8-9H,1-2,6-7H2,(H,21,22,24)/b12-8+. The van der Waals surface area contributed by atoms with E-state index in [1.54, 1.807) is 12.1 Å². The number of hydrogen-bond donors (Lipinski definition) is 1. The van der Waals surface area contributed by atoms with Crippen molar-refractivity contribution in [1.82, 2.24) is 9.97 Å². The fourth-order valence-corrected chi connectivity index (χ4v) is 4.60. The Morgan fingerprint density at radius 3 is 2.96 bits per heavy atom. The van der Waals surface area contributed by atoms with Crippen LogP contribution in [0.2, 0.25) is 0 Å². The van der Waals surface area contributed by atoms with E-state index in [4.69, 9.17) is 0 Å². The van der Waals surface area contributed by atoms with Crippen LogP contribution in [0.5, 0.6) is 0 Å². The summed E-state index contributed by atoms with van der Waals surface area (Å²) < 4.78 is 0. The predicted octanol–water partition coefficient (Wildman–Crippen LogP) is 3.84. The molecule has 3 aromatic rings. The zero-order valence-electron chi connectivity index (χ0n) is 14.2. The molecule has 0 unspecified atom stereocenters. The van der Waals surface area contributed by atoms with Crippen LogP contribution in [0.1, 0.15) is 34.7 Å². The minimum Gasteiger partial charge on any atom is -0.305 e.